The Morgan fingerprint density at radius 3 is 2.87 bits per heavy atom. The summed E-state index contributed by atoms with van der Waals surface area (Å²) in [5.41, 5.74) is 8.80. The summed E-state index contributed by atoms with van der Waals surface area (Å²) < 4.78 is 19.2. The van der Waals surface area contributed by atoms with E-state index in [4.69, 9.17) is 19.6 Å². The number of nitrogens with two attached hydrogens (primary N) is 1. The van der Waals surface area contributed by atoms with Crippen LogP contribution in [0.5, 0.6) is 5.75 Å². The first-order chi connectivity index (χ1) is 22.6. The number of carbonyl (C=O) groups excluding carboxylic acids is 2. The second-order valence-electron chi connectivity index (χ2n) is 13.4. The molecule has 0 saturated carbocycles. The van der Waals surface area contributed by atoms with Crippen LogP contribution < -0.4 is 21.4 Å². The van der Waals surface area contributed by atoms with Crippen LogP contribution in [0, 0.1) is 11.8 Å². The Morgan fingerprint density at radius 1 is 1.26 bits per heavy atom. The highest BCUT2D eigenvalue weighted by Crippen LogP contribution is 2.57. The van der Waals surface area contributed by atoms with Crippen LogP contribution in [-0.4, -0.2) is 58.6 Å². The molecule has 1 amide bonds. The molecule has 1 aromatic carbocycles. The molecule has 3 N–H and O–H groups in total. The highest BCUT2D eigenvalue weighted by Gasteiger charge is 2.64. The summed E-state index contributed by atoms with van der Waals surface area (Å²) in [5, 5.41) is 4.07. The molecule has 2 aromatic rings. The number of amides is 1. The van der Waals surface area contributed by atoms with Gasteiger partial charge in [0.05, 0.1) is 18.2 Å². The number of esters is 1. The van der Waals surface area contributed by atoms with Crippen molar-refractivity contribution in [3.8, 4) is 5.75 Å². The van der Waals surface area contributed by atoms with Crippen molar-refractivity contribution in [3.63, 3.8) is 0 Å². The number of nitrogens with one attached hydrogen (secondary N) is 1. The van der Waals surface area contributed by atoms with Crippen molar-refractivity contribution in [2.75, 3.05) is 24.6 Å². The van der Waals surface area contributed by atoms with Gasteiger partial charge in [-0.3, -0.25) is 4.79 Å². The van der Waals surface area contributed by atoms with Gasteiger partial charge in [0.15, 0.2) is 11.2 Å². The van der Waals surface area contributed by atoms with Crippen LogP contribution in [0.25, 0.3) is 11.0 Å². The molecule has 1 aliphatic carbocycles. The summed E-state index contributed by atoms with van der Waals surface area (Å²) in [4.78, 5) is 41.6. The number of hydrogen-bond donors (Lipinski definition) is 2. The van der Waals surface area contributed by atoms with Crippen LogP contribution in [0.4, 0.5) is 0 Å². The Kier molecular flexibility index (Phi) is 8.27. The maximum Gasteiger partial charge on any atom is 0.336 e. The van der Waals surface area contributed by atoms with E-state index < -0.39 is 22.8 Å². The SMILES string of the molecule is CC=C(C)C(=O)OC1(C)CC=C2CSSCC3C(CC)CN3C(=O)CC3=C(C=C(N)NC3)C2C12Cc1cc3ccc(=O)oc3cc1O2. The van der Waals surface area contributed by atoms with Crippen molar-refractivity contribution in [2.24, 2.45) is 17.6 Å². The Labute approximate surface area is 282 Å². The van der Waals surface area contributed by atoms with Crippen molar-refractivity contribution in [2.45, 2.75) is 70.6 Å². The van der Waals surface area contributed by atoms with Gasteiger partial charge in [-0.25, -0.2) is 9.59 Å². The van der Waals surface area contributed by atoms with Crippen LogP contribution in [-0.2, 0) is 20.7 Å². The molecule has 11 heteroatoms. The number of benzene rings is 1. The minimum Gasteiger partial charge on any atom is -0.481 e. The Morgan fingerprint density at radius 2 is 2.09 bits per heavy atom. The minimum absolute atomic E-state index is 0.124. The largest absolute Gasteiger partial charge is 0.481 e. The first kappa shape index (κ1) is 32.0. The molecule has 4 aliphatic heterocycles. The molecule has 0 bridgehead atoms. The Balaban J connectivity index is 1.41. The van der Waals surface area contributed by atoms with Gasteiger partial charge in [0, 0.05) is 66.6 Å². The standard InChI is InChI=1S/C36H41N3O6S2/c1-5-20(3)34(42)45-35(4)10-9-23-18-46-47-19-27-21(6-2)17-39(27)31(40)12-25-16-38-30(37)13-26(25)33(23)36(35)15-24-11-22-7-8-32(41)43-28(22)14-29(24)44-36/h5,7-9,11,13-14,21,27,33,38H,6,10,12,15-19,37H2,1-4H3. The van der Waals surface area contributed by atoms with E-state index in [0.717, 1.165) is 52.1 Å². The zero-order valence-corrected chi connectivity index (χ0v) is 28.9. The van der Waals surface area contributed by atoms with Gasteiger partial charge in [-0.2, -0.15) is 0 Å². The minimum atomic E-state index is -1.10. The Hall–Kier alpha value is -3.57. The van der Waals surface area contributed by atoms with E-state index in [1.165, 1.54) is 6.07 Å². The second-order valence-corrected chi connectivity index (χ2v) is 16.0. The number of hydrogen-bond acceptors (Lipinski definition) is 10. The second kappa shape index (κ2) is 12.1. The van der Waals surface area contributed by atoms with E-state index in [-0.39, 0.29) is 24.3 Å². The molecule has 47 heavy (non-hydrogen) atoms. The third-order valence-corrected chi connectivity index (χ3v) is 13.1. The van der Waals surface area contributed by atoms with Gasteiger partial charge in [-0.05, 0) is 68.0 Å². The van der Waals surface area contributed by atoms with Crippen LogP contribution in [0.1, 0.15) is 52.5 Å². The number of dihydropyridines is 1. The van der Waals surface area contributed by atoms with Gasteiger partial charge in [-0.1, -0.05) is 46.2 Å². The smallest absolute Gasteiger partial charge is 0.336 e. The molecule has 248 valence electrons. The van der Waals surface area contributed by atoms with Gasteiger partial charge < -0.3 is 29.8 Å². The van der Waals surface area contributed by atoms with Gasteiger partial charge in [0.1, 0.15) is 11.3 Å². The van der Waals surface area contributed by atoms with E-state index in [0.29, 0.717) is 48.0 Å². The summed E-state index contributed by atoms with van der Waals surface area (Å²) in [6, 6.07) is 7.19. The van der Waals surface area contributed by atoms with E-state index in [9.17, 15) is 14.4 Å². The summed E-state index contributed by atoms with van der Waals surface area (Å²) in [5.74, 6) is 2.59. The molecule has 5 heterocycles. The van der Waals surface area contributed by atoms with E-state index in [2.05, 4.69) is 23.2 Å². The van der Waals surface area contributed by atoms with Crippen LogP contribution in [0.2, 0.25) is 0 Å². The number of allylic oxidation sites excluding steroid dienone is 2. The molecular weight excluding hydrogens is 635 g/mol. The number of carbonyl (C=O) groups is 2. The van der Waals surface area contributed by atoms with E-state index >= 15 is 0 Å². The lowest BCUT2D eigenvalue weighted by Gasteiger charge is -2.53. The molecule has 5 unspecified atom stereocenters. The van der Waals surface area contributed by atoms with Crippen molar-refractivity contribution in [3.05, 3.63) is 86.6 Å². The molecule has 1 spiro atoms. The molecule has 1 aromatic heterocycles. The normalized spacial score (nSPS) is 30.7. The fourth-order valence-corrected chi connectivity index (χ4v) is 10.4. The first-order valence-corrected chi connectivity index (χ1v) is 18.8. The number of rotatable bonds is 3. The fraction of sp³-hybridized carbons (Fsp3) is 0.472. The number of ether oxygens (including phenoxy) is 2. The van der Waals surface area contributed by atoms with Gasteiger partial charge in [0.25, 0.3) is 0 Å². The predicted octanol–water partition coefficient (Wildman–Crippen LogP) is 5.40. The topological polar surface area (TPSA) is 124 Å². The maximum absolute atomic E-state index is 13.9. The zero-order chi connectivity index (χ0) is 33.1. The predicted molar refractivity (Wildman–Crippen MR) is 186 cm³/mol. The summed E-state index contributed by atoms with van der Waals surface area (Å²) in [6.07, 6.45) is 8.12. The average molecular weight is 676 g/mol. The highest BCUT2D eigenvalue weighted by atomic mass is 33.1. The quantitative estimate of drug-likeness (QED) is 0.144. The van der Waals surface area contributed by atoms with Gasteiger partial charge in [0.2, 0.25) is 5.91 Å². The van der Waals surface area contributed by atoms with Crippen molar-refractivity contribution >= 4 is 44.4 Å². The molecule has 9 nitrogen and oxygen atoms in total. The summed E-state index contributed by atoms with van der Waals surface area (Å²) in [6.45, 7) is 8.96. The molecule has 5 aliphatic rings. The van der Waals surface area contributed by atoms with Crippen LogP contribution >= 0.6 is 21.6 Å². The summed E-state index contributed by atoms with van der Waals surface area (Å²) >= 11 is 0. The molecule has 1 saturated heterocycles. The van der Waals surface area contributed by atoms with E-state index in [1.807, 2.05) is 36.8 Å². The van der Waals surface area contributed by atoms with Crippen molar-refractivity contribution in [1.29, 1.82) is 0 Å². The average Bonchev–Trinajstić information content (AvgIpc) is 3.40. The van der Waals surface area contributed by atoms with Crippen LogP contribution in [0.15, 0.2) is 79.8 Å². The maximum atomic E-state index is 13.9. The highest BCUT2D eigenvalue weighted by molar-refractivity contribution is 8.76. The van der Waals surface area contributed by atoms with Crippen molar-refractivity contribution < 1.29 is 23.5 Å². The number of nitrogens with zero attached hydrogens (tertiary/aromatic N) is 1. The molecular formula is C36H41N3O6S2. The number of fused-ring (bicyclic) bond motifs is 6. The third kappa shape index (κ3) is 5.39. The molecule has 7 rings (SSSR count). The first-order valence-electron chi connectivity index (χ1n) is 16.3. The van der Waals surface area contributed by atoms with Crippen molar-refractivity contribution in [1.82, 2.24) is 10.2 Å². The fourth-order valence-electron chi connectivity index (χ4n) is 7.83. The lowest BCUT2D eigenvalue weighted by Crippen LogP contribution is -2.65. The monoisotopic (exact) mass is 675 g/mol. The van der Waals surface area contributed by atoms with Gasteiger partial charge >= 0.3 is 11.6 Å². The molecule has 5 atom stereocenters. The van der Waals surface area contributed by atoms with E-state index in [1.54, 1.807) is 35.9 Å². The van der Waals surface area contributed by atoms with Gasteiger partial charge in [-0.15, -0.1) is 0 Å². The Bertz CT molecular complexity index is 1840. The third-order valence-electron chi connectivity index (χ3n) is 10.8. The molecule has 1 fully saturated rings. The lowest BCUT2D eigenvalue weighted by atomic mass is 9.61. The molecule has 0 radical (unpaired) electrons. The lowest BCUT2D eigenvalue weighted by molar-refractivity contribution is -0.186. The summed E-state index contributed by atoms with van der Waals surface area (Å²) in [7, 11) is 3.61. The zero-order valence-electron chi connectivity index (χ0n) is 27.2. The van der Waals surface area contributed by atoms with Crippen LogP contribution in [0.3, 0.4) is 0 Å².